The Morgan fingerprint density at radius 1 is 1.00 bits per heavy atom. The summed E-state index contributed by atoms with van der Waals surface area (Å²) < 4.78 is 25.2. The van der Waals surface area contributed by atoms with Gasteiger partial charge in [0.15, 0.2) is 9.76 Å². The smallest absolute Gasteiger partial charge is 0.198 e. The molecule has 0 aliphatic carbocycles. The third kappa shape index (κ3) is 7.11. The van der Waals surface area contributed by atoms with Gasteiger partial charge in [-0.2, -0.15) is 0 Å². The van der Waals surface area contributed by atoms with Crippen molar-refractivity contribution < 1.29 is 18.6 Å². The van der Waals surface area contributed by atoms with Crippen molar-refractivity contribution in [3.8, 4) is 0 Å². The highest BCUT2D eigenvalue weighted by atomic mass is 28.2. The van der Waals surface area contributed by atoms with Crippen molar-refractivity contribution in [3.63, 3.8) is 0 Å². The molecule has 0 aromatic rings. The number of unbranched alkanes of at least 4 members (excludes halogenated alkanes) is 3. The van der Waals surface area contributed by atoms with Crippen molar-refractivity contribution in [2.45, 2.75) is 128 Å². The maximum atomic E-state index is 6.74. The van der Waals surface area contributed by atoms with Crippen LogP contribution in [0.25, 0.3) is 0 Å². The summed E-state index contributed by atoms with van der Waals surface area (Å²) in [4.78, 5) is 0. The molecule has 0 N–H and O–H groups in total. The van der Waals surface area contributed by atoms with E-state index in [1.54, 1.807) is 0 Å². The van der Waals surface area contributed by atoms with Crippen LogP contribution in [0.1, 0.15) is 98.3 Å². The zero-order chi connectivity index (χ0) is 19.5. The van der Waals surface area contributed by atoms with Gasteiger partial charge in [-0.05, 0) is 32.6 Å². The molecule has 0 amide bonds. The molecule has 5 unspecified atom stereocenters. The lowest BCUT2D eigenvalue weighted by molar-refractivity contribution is -0.222. The lowest BCUT2D eigenvalue weighted by Gasteiger charge is -2.49. The van der Waals surface area contributed by atoms with Gasteiger partial charge in [0.25, 0.3) is 0 Å². The van der Waals surface area contributed by atoms with E-state index in [0.717, 1.165) is 45.3 Å². The van der Waals surface area contributed by atoms with Gasteiger partial charge in [-0.15, -0.1) is 0 Å². The molecule has 160 valence electrons. The Kier molecular flexibility index (Phi) is 10.9. The van der Waals surface area contributed by atoms with E-state index in [1.807, 2.05) is 0 Å². The van der Waals surface area contributed by atoms with Crippen LogP contribution in [-0.2, 0) is 18.6 Å². The molecule has 2 aliphatic heterocycles. The Morgan fingerprint density at radius 3 is 2.26 bits per heavy atom. The summed E-state index contributed by atoms with van der Waals surface area (Å²) in [6, 6.07) is 0. The second-order valence-electron chi connectivity index (χ2n) is 8.57. The number of rotatable bonds is 16. The third-order valence-electron chi connectivity index (χ3n) is 6.21. The first-order chi connectivity index (χ1) is 13.1. The van der Waals surface area contributed by atoms with Crippen LogP contribution in [-0.4, -0.2) is 52.6 Å². The lowest BCUT2D eigenvalue weighted by atomic mass is 9.97. The van der Waals surface area contributed by atoms with E-state index in [2.05, 4.69) is 27.7 Å². The molecule has 5 heteroatoms. The number of ether oxygens (including phenoxy) is 3. The minimum absolute atomic E-state index is 0.107. The van der Waals surface area contributed by atoms with Crippen molar-refractivity contribution in [2.75, 3.05) is 13.2 Å². The van der Waals surface area contributed by atoms with Crippen molar-refractivity contribution in [1.29, 1.82) is 0 Å². The van der Waals surface area contributed by atoms with E-state index in [9.17, 15) is 0 Å². The van der Waals surface area contributed by atoms with Crippen LogP contribution in [0, 0.1) is 0 Å². The van der Waals surface area contributed by atoms with E-state index < -0.39 is 9.76 Å². The fraction of sp³-hybridized carbons (Fsp3) is 1.00. The highest BCUT2D eigenvalue weighted by molar-refractivity contribution is 6.32. The van der Waals surface area contributed by atoms with Crippen LogP contribution in [0.4, 0.5) is 0 Å². The van der Waals surface area contributed by atoms with E-state index in [1.165, 1.54) is 38.5 Å². The summed E-state index contributed by atoms with van der Waals surface area (Å²) in [5, 5.41) is -0.107. The molecule has 4 nitrogen and oxygen atoms in total. The standard InChI is InChI=1S/C22H44O4Si/c1-5-8-10-12-18(4)26-27-22(15-17-24-22)21(13-9-6-2)25-20(11-7-3)19-14-16-23-19/h18-21H,5-17,27H2,1-4H3. The zero-order valence-corrected chi connectivity index (χ0v) is 19.8. The third-order valence-corrected chi connectivity index (χ3v) is 8.45. The van der Waals surface area contributed by atoms with E-state index in [0.29, 0.717) is 12.2 Å². The second-order valence-corrected chi connectivity index (χ2v) is 10.4. The second kappa shape index (κ2) is 12.6. The van der Waals surface area contributed by atoms with Crippen molar-refractivity contribution in [3.05, 3.63) is 0 Å². The van der Waals surface area contributed by atoms with Crippen molar-refractivity contribution >= 4 is 9.76 Å². The molecule has 0 aromatic carbocycles. The average Bonchev–Trinajstić information content (AvgIpc) is 2.57. The summed E-state index contributed by atoms with van der Waals surface area (Å²) in [6.45, 7) is 10.7. The van der Waals surface area contributed by atoms with E-state index >= 15 is 0 Å². The van der Waals surface area contributed by atoms with Crippen LogP contribution >= 0.6 is 0 Å². The Hall–Kier alpha value is 0.0569. The molecule has 5 atom stereocenters. The molecule has 2 fully saturated rings. The topological polar surface area (TPSA) is 36.9 Å². The van der Waals surface area contributed by atoms with Gasteiger partial charge in [-0.1, -0.05) is 59.3 Å². The maximum Gasteiger partial charge on any atom is 0.198 e. The molecule has 2 aliphatic rings. The molecule has 0 spiro atoms. The average molecular weight is 401 g/mol. The van der Waals surface area contributed by atoms with E-state index in [4.69, 9.17) is 18.6 Å². The Morgan fingerprint density at radius 2 is 1.74 bits per heavy atom. The first kappa shape index (κ1) is 23.3. The van der Waals surface area contributed by atoms with Crippen LogP contribution in [0.15, 0.2) is 0 Å². The van der Waals surface area contributed by atoms with Gasteiger partial charge in [0.1, 0.15) is 5.22 Å². The normalized spacial score (nSPS) is 28.7. The summed E-state index contributed by atoms with van der Waals surface area (Å²) in [5.41, 5.74) is 0. The fourth-order valence-electron chi connectivity index (χ4n) is 4.10. The minimum atomic E-state index is -0.799. The number of hydrogen-bond donors (Lipinski definition) is 0. The number of hydrogen-bond acceptors (Lipinski definition) is 4. The van der Waals surface area contributed by atoms with Crippen molar-refractivity contribution in [2.24, 2.45) is 0 Å². The van der Waals surface area contributed by atoms with Gasteiger partial charge in [-0.3, -0.25) is 0 Å². The van der Waals surface area contributed by atoms with Gasteiger partial charge >= 0.3 is 0 Å². The molecule has 0 bridgehead atoms. The molecular weight excluding hydrogens is 356 g/mol. The highest BCUT2D eigenvalue weighted by Gasteiger charge is 2.49. The molecule has 27 heavy (non-hydrogen) atoms. The Bertz CT molecular complexity index is 385. The molecule has 0 saturated carbocycles. The minimum Gasteiger partial charge on any atom is -0.418 e. The molecule has 2 rings (SSSR count). The van der Waals surface area contributed by atoms with Gasteiger partial charge in [0.05, 0.1) is 18.3 Å². The maximum absolute atomic E-state index is 6.74. The van der Waals surface area contributed by atoms with Gasteiger partial charge in [-0.25, -0.2) is 0 Å². The molecule has 0 radical (unpaired) electrons. The van der Waals surface area contributed by atoms with Crippen LogP contribution in [0.2, 0.25) is 0 Å². The summed E-state index contributed by atoms with van der Waals surface area (Å²) in [6.07, 6.45) is 14.0. The molecule has 0 aromatic heterocycles. The molecule has 2 heterocycles. The summed E-state index contributed by atoms with van der Waals surface area (Å²) in [5.74, 6) is 0. The lowest BCUT2D eigenvalue weighted by Crippen LogP contribution is -2.61. The van der Waals surface area contributed by atoms with Gasteiger partial charge in [0.2, 0.25) is 0 Å². The van der Waals surface area contributed by atoms with Crippen molar-refractivity contribution in [1.82, 2.24) is 0 Å². The summed E-state index contributed by atoms with van der Waals surface area (Å²) >= 11 is 0. The predicted molar refractivity (Wildman–Crippen MR) is 114 cm³/mol. The van der Waals surface area contributed by atoms with Gasteiger partial charge in [0, 0.05) is 25.7 Å². The molecule has 2 saturated heterocycles. The monoisotopic (exact) mass is 400 g/mol. The summed E-state index contributed by atoms with van der Waals surface area (Å²) in [7, 11) is -0.799. The predicted octanol–water partition coefficient (Wildman–Crippen LogP) is 4.71. The first-order valence-electron chi connectivity index (χ1n) is 11.7. The highest BCUT2D eigenvalue weighted by Crippen LogP contribution is 2.36. The van der Waals surface area contributed by atoms with Crippen LogP contribution in [0.3, 0.4) is 0 Å². The SMILES string of the molecule is CCCCCC(C)O[SiH2]C1(C(CCCC)OC(CCC)C2CCO2)CCO1. The molecular formula is C22H44O4Si. The van der Waals surface area contributed by atoms with Gasteiger partial charge < -0.3 is 18.6 Å². The fourth-order valence-corrected chi connectivity index (χ4v) is 5.84. The van der Waals surface area contributed by atoms with E-state index in [-0.39, 0.29) is 17.4 Å². The first-order valence-corrected chi connectivity index (χ1v) is 13.0. The van der Waals surface area contributed by atoms with Crippen LogP contribution < -0.4 is 0 Å². The van der Waals surface area contributed by atoms with Crippen LogP contribution in [0.5, 0.6) is 0 Å². The Labute approximate surface area is 170 Å². The zero-order valence-electron chi connectivity index (χ0n) is 18.3. The quantitative estimate of drug-likeness (QED) is 0.278. The Balaban J connectivity index is 1.93. The largest absolute Gasteiger partial charge is 0.418 e.